The third-order valence-corrected chi connectivity index (χ3v) is 7.76. The molecule has 180 valence electrons. The normalized spacial score (nSPS) is 13.0. The topological polar surface area (TPSA) is 40.5 Å². The summed E-state index contributed by atoms with van der Waals surface area (Å²) < 4.78 is 0. The standard InChI is InChI=1S/C33H36O2/c1-22-20-27(16-18-30(22)34)32(3,4)25-12-14-26(15-13-25)33(5,6)28-17-19-31(35)29(21-28)23(2)24-10-8-7-9-11-24/h7-21,23,34-35H,1-6H3. The molecule has 0 saturated heterocycles. The molecule has 0 amide bonds. The summed E-state index contributed by atoms with van der Waals surface area (Å²) in [5.74, 6) is 0.766. The number of hydrogen-bond donors (Lipinski definition) is 2. The highest BCUT2D eigenvalue weighted by molar-refractivity contribution is 5.49. The highest BCUT2D eigenvalue weighted by atomic mass is 16.3. The number of aromatic hydroxyl groups is 2. The van der Waals surface area contributed by atoms with Crippen LogP contribution in [0.15, 0.2) is 91.0 Å². The number of phenolic OH excluding ortho intramolecular Hbond substituents is 2. The number of benzene rings is 4. The van der Waals surface area contributed by atoms with Crippen LogP contribution < -0.4 is 0 Å². The van der Waals surface area contributed by atoms with Crippen LogP contribution in [0, 0.1) is 6.92 Å². The van der Waals surface area contributed by atoms with Crippen molar-refractivity contribution in [2.75, 3.05) is 0 Å². The van der Waals surface area contributed by atoms with Crippen molar-refractivity contribution in [2.24, 2.45) is 0 Å². The van der Waals surface area contributed by atoms with Gasteiger partial charge < -0.3 is 10.2 Å². The molecular formula is C33H36O2. The molecule has 0 aliphatic rings. The minimum Gasteiger partial charge on any atom is -0.508 e. The van der Waals surface area contributed by atoms with Gasteiger partial charge in [0.15, 0.2) is 0 Å². The van der Waals surface area contributed by atoms with Crippen molar-refractivity contribution in [1.29, 1.82) is 0 Å². The molecule has 1 unspecified atom stereocenters. The van der Waals surface area contributed by atoms with Crippen molar-refractivity contribution in [1.82, 2.24) is 0 Å². The quantitative estimate of drug-likeness (QED) is 0.302. The van der Waals surface area contributed by atoms with E-state index in [1.165, 1.54) is 27.8 Å². The first-order valence-electron chi connectivity index (χ1n) is 12.3. The molecule has 35 heavy (non-hydrogen) atoms. The zero-order chi connectivity index (χ0) is 25.4. The summed E-state index contributed by atoms with van der Waals surface area (Å²) in [5.41, 5.74) is 7.42. The van der Waals surface area contributed by atoms with Crippen molar-refractivity contribution in [3.8, 4) is 11.5 Å². The maximum absolute atomic E-state index is 10.7. The van der Waals surface area contributed by atoms with Crippen molar-refractivity contribution in [3.05, 3.63) is 130 Å². The van der Waals surface area contributed by atoms with Crippen LogP contribution in [0.2, 0.25) is 0 Å². The number of aryl methyl sites for hydroxylation is 1. The van der Waals surface area contributed by atoms with Gasteiger partial charge in [-0.2, -0.15) is 0 Å². The second-order valence-electron chi connectivity index (χ2n) is 10.7. The SMILES string of the molecule is Cc1cc(C(C)(C)c2ccc(C(C)(C)c3ccc(O)c(C(C)c4ccccc4)c3)cc2)ccc1O. The molecule has 0 spiro atoms. The van der Waals surface area contributed by atoms with Gasteiger partial charge in [-0.25, -0.2) is 0 Å². The zero-order valence-electron chi connectivity index (χ0n) is 21.6. The summed E-state index contributed by atoms with van der Waals surface area (Å²) in [6.07, 6.45) is 0. The maximum Gasteiger partial charge on any atom is 0.119 e. The third-order valence-electron chi connectivity index (χ3n) is 7.76. The molecule has 4 aromatic carbocycles. The summed E-state index contributed by atoms with van der Waals surface area (Å²) in [6.45, 7) is 13.0. The molecule has 1 atom stereocenters. The molecule has 2 heteroatoms. The minimum atomic E-state index is -0.226. The van der Waals surface area contributed by atoms with Crippen molar-refractivity contribution in [3.63, 3.8) is 0 Å². The molecule has 2 nitrogen and oxygen atoms in total. The summed E-state index contributed by atoms with van der Waals surface area (Å²) in [5, 5.41) is 20.6. The molecule has 4 aromatic rings. The maximum atomic E-state index is 10.7. The summed E-state index contributed by atoms with van der Waals surface area (Å²) in [7, 11) is 0. The van der Waals surface area contributed by atoms with E-state index in [4.69, 9.17) is 0 Å². The van der Waals surface area contributed by atoms with Crippen LogP contribution in [0.25, 0.3) is 0 Å². The second kappa shape index (κ2) is 9.26. The van der Waals surface area contributed by atoms with Crippen LogP contribution in [-0.2, 0) is 10.8 Å². The molecule has 0 heterocycles. The van der Waals surface area contributed by atoms with E-state index >= 15 is 0 Å². The minimum absolute atomic E-state index is 0.101. The first-order valence-corrected chi connectivity index (χ1v) is 12.3. The van der Waals surface area contributed by atoms with Crippen LogP contribution in [0.5, 0.6) is 11.5 Å². The molecule has 0 aliphatic carbocycles. The van der Waals surface area contributed by atoms with E-state index in [0.29, 0.717) is 11.5 Å². The fraction of sp³-hybridized carbons (Fsp3) is 0.273. The smallest absolute Gasteiger partial charge is 0.119 e. The Bertz CT molecular complexity index is 1320. The van der Waals surface area contributed by atoms with E-state index in [2.05, 4.69) is 83.1 Å². The lowest BCUT2D eigenvalue weighted by atomic mass is 9.74. The molecule has 0 bridgehead atoms. The summed E-state index contributed by atoms with van der Waals surface area (Å²) in [6, 6.07) is 31.1. The van der Waals surface area contributed by atoms with Gasteiger partial charge in [0.2, 0.25) is 0 Å². The highest BCUT2D eigenvalue weighted by Gasteiger charge is 2.28. The first-order chi connectivity index (χ1) is 16.5. The Morgan fingerprint density at radius 3 is 1.54 bits per heavy atom. The second-order valence-corrected chi connectivity index (χ2v) is 10.7. The highest BCUT2D eigenvalue weighted by Crippen LogP contribution is 2.39. The molecule has 4 rings (SSSR count). The zero-order valence-corrected chi connectivity index (χ0v) is 21.6. The number of hydrogen-bond acceptors (Lipinski definition) is 2. The van der Waals surface area contributed by atoms with Crippen LogP contribution in [-0.4, -0.2) is 10.2 Å². The molecular weight excluding hydrogens is 428 g/mol. The molecule has 0 saturated carbocycles. The average Bonchev–Trinajstić information content (AvgIpc) is 2.86. The van der Waals surface area contributed by atoms with Gasteiger partial charge in [0.25, 0.3) is 0 Å². The van der Waals surface area contributed by atoms with Gasteiger partial charge in [0.1, 0.15) is 11.5 Å². The Hall–Kier alpha value is -3.52. The lowest BCUT2D eigenvalue weighted by molar-refractivity contribution is 0.465. The van der Waals surface area contributed by atoms with Crippen molar-refractivity contribution >= 4 is 0 Å². The van der Waals surface area contributed by atoms with Gasteiger partial charge >= 0.3 is 0 Å². The average molecular weight is 465 g/mol. The Balaban J connectivity index is 1.66. The van der Waals surface area contributed by atoms with E-state index in [1.807, 2.05) is 43.3 Å². The van der Waals surface area contributed by atoms with Crippen LogP contribution >= 0.6 is 0 Å². The fourth-order valence-corrected chi connectivity index (χ4v) is 4.89. The Labute approximate surface area is 209 Å². The van der Waals surface area contributed by atoms with Gasteiger partial charge in [-0.05, 0) is 52.4 Å². The molecule has 0 fully saturated rings. The van der Waals surface area contributed by atoms with E-state index < -0.39 is 0 Å². The fourth-order valence-electron chi connectivity index (χ4n) is 4.89. The van der Waals surface area contributed by atoms with Crippen LogP contribution in [0.1, 0.15) is 79.5 Å². The molecule has 0 aromatic heterocycles. The van der Waals surface area contributed by atoms with Gasteiger partial charge in [0, 0.05) is 22.3 Å². The van der Waals surface area contributed by atoms with Crippen LogP contribution in [0.4, 0.5) is 0 Å². The summed E-state index contributed by atoms with van der Waals surface area (Å²) in [4.78, 5) is 0. The summed E-state index contributed by atoms with van der Waals surface area (Å²) >= 11 is 0. The molecule has 0 aliphatic heterocycles. The number of phenols is 2. The largest absolute Gasteiger partial charge is 0.508 e. The van der Waals surface area contributed by atoms with E-state index in [0.717, 1.165) is 11.1 Å². The molecule has 0 radical (unpaired) electrons. The first kappa shape index (κ1) is 24.6. The lowest BCUT2D eigenvalue weighted by Gasteiger charge is -2.30. The lowest BCUT2D eigenvalue weighted by Crippen LogP contribution is -2.22. The van der Waals surface area contributed by atoms with E-state index in [-0.39, 0.29) is 16.7 Å². The van der Waals surface area contributed by atoms with E-state index in [1.54, 1.807) is 6.07 Å². The van der Waals surface area contributed by atoms with Crippen molar-refractivity contribution < 1.29 is 10.2 Å². The Morgan fingerprint density at radius 1 is 0.571 bits per heavy atom. The van der Waals surface area contributed by atoms with Crippen molar-refractivity contribution in [2.45, 2.75) is 58.3 Å². The Kier molecular flexibility index (Phi) is 6.51. The predicted molar refractivity (Wildman–Crippen MR) is 146 cm³/mol. The van der Waals surface area contributed by atoms with Crippen LogP contribution in [0.3, 0.4) is 0 Å². The van der Waals surface area contributed by atoms with E-state index in [9.17, 15) is 10.2 Å². The Morgan fingerprint density at radius 2 is 1.03 bits per heavy atom. The van der Waals surface area contributed by atoms with Gasteiger partial charge in [0.05, 0.1) is 0 Å². The van der Waals surface area contributed by atoms with Gasteiger partial charge in [-0.15, -0.1) is 0 Å². The van der Waals surface area contributed by atoms with Gasteiger partial charge in [-0.3, -0.25) is 0 Å². The third kappa shape index (κ3) is 4.71. The predicted octanol–water partition coefficient (Wildman–Crippen LogP) is 8.21. The monoisotopic (exact) mass is 464 g/mol. The molecule has 2 N–H and O–H groups in total. The number of rotatable bonds is 6. The van der Waals surface area contributed by atoms with Gasteiger partial charge in [-0.1, -0.05) is 113 Å².